The third kappa shape index (κ3) is 3.88. The number of thiophene rings is 1. The summed E-state index contributed by atoms with van der Waals surface area (Å²) in [6.45, 7) is 4.37. The number of methoxy groups -OCH3 is 1. The summed E-state index contributed by atoms with van der Waals surface area (Å²) in [5.41, 5.74) is 1.63. The summed E-state index contributed by atoms with van der Waals surface area (Å²) in [5.74, 6) is 2.33. The van der Waals surface area contributed by atoms with Crippen LogP contribution >= 0.6 is 11.3 Å². The Labute approximate surface area is 169 Å². The van der Waals surface area contributed by atoms with E-state index in [1.165, 1.54) is 0 Å². The number of aryl methyl sites for hydroxylation is 1. The van der Waals surface area contributed by atoms with Crippen molar-refractivity contribution in [3.8, 4) is 16.5 Å². The number of carbonyl (C=O) groups is 1. The lowest BCUT2D eigenvalue weighted by atomic mass is 9.89. The van der Waals surface area contributed by atoms with E-state index in [1.54, 1.807) is 18.4 Å². The first-order valence-electron chi connectivity index (χ1n) is 9.55. The van der Waals surface area contributed by atoms with E-state index >= 15 is 0 Å². The molecule has 1 fully saturated rings. The van der Waals surface area contributed by atoms with Gasteiger partial charge in [0.2, 0.25) is 5.89 Å². The van der Waals surface area contributed by atoms with Crippen LogP contribution in [0.25, 0.3) is 10.8 Å². The van der Waals surface area contributed by atoms with Crippen LogP contribution in [0.2, 0.25) is 0 Å². The average Bonchev–Trinajstić information content (AvgIpc) is 3.38. The molecule has 3 heterocycles. The molecule has 4 rings (SSSR count). The van der Waals surface area contributed by atoms with Gasteiger partial charge < -0.3 is 9.15 Å². The number of piperidine rings is 1. The summed E-state index contributed by atoms with van der Waals surface area (Å²) < 4.78 is 11.2. The van der Waals surface area contributed by atoms with Gasteiger partial charge in [0.05, 0.1) is 23.2 Å². The standard InChI is InChI=1S/C22H24N2O3S/c1-15-18(23-22(27-15)20-10-6-12-28-20)14-24-11-5-7-16(13-24)21(25)17-8-3-4-9-19(17)26-2/h3-4,6,8-10,12,16H,5,7,11,13-14H2,1-2H3/t16-/m0/s1. The largest absolute Gasteiger partial charge is 0.496 e. The molecule has 0 unspecified atom stereocenters. The molecule has 1 aliphatic heterocycles. The molecule has 0 radical (unpaired) electrons. The number of rotatable bonds is 6. The summed E-state index contributed by atoms with van der Waals surface area (Å²) in [6.07, 6.45) is 1.91. The fraction of sp³-hybridized carbons (Fsp3) is 0.364. The van der Waals surface area contributed by atoms with E-state index in [1.807, 2.05) is 48.7 Å². The SMILES string of the molecule is COc1ccccc1C(=O)[C@H]1CCCN(Cc2nc(-c3cccs3)oc2C)C1. The van der Waals surface area contributed by atoms with E-state index in [0.717, 1.165) is 42.3 Å². The zero-order chi connectivity index (χ0) is 19.5. The molecule has 0 N–H and O–H groups in total. The van der Waals surface area contributed by atoms with Crippen LogP contribution in [-0.2, 0) is 6.54 Å². The number of hydrogen-bond donors (Lipinski definition) is 0. The van der Waals surface area contributed by atoms with Crippen molar-refractivity contribution in [2.45, 2.75) is 26.3 Å². The lowest BCUT2D eigenvalue weighted by molar-refractivity contribution is 0.0807. The molecule has 0 saturated carbocycles. The maximum atomic E-state index is 13.1. The Balaban J connectivity index is 1.46. The first kappa shape index (κ1) is 18.9. The number of aromatic nitrogens is 1. The molecule has 0 aliphatic carbocycles. The number of benzene rings is 1. The molecule has 146 valence electrons. The lowest BCUT2D eigenvalue weighted by Gasteiger charge is -2.31. The third-order valence-corrected chi connectivity index (χ3v) is 6.10. The van der Waals surface area contributed by atoms with Crippen LogP contribution in [-0.4, -0.2) is 35.9 Å². The van der Waals surface area contributed by atoms with Gasteiger partial charge in [-0.1, -0.05) is 18.2 Å². The van der Waals surface area contributed by atoms with Crippen molar-refractivity contribution in [2.24, 2.45) is 5.92 Å². The van der Waals surface area contributed by atoms with Crippen molar-refractivity contribution >= 4 is 17.1 Å². The van der Waals surface area contributed by atoms with Crippen LogP contribution < -0.4 is 4.74 Å². The Bertz CT molecular complexity index is 949. The number of oxazole rings is 1. The molecule has 1 atom stereocenters. The van der Waals surface area contributed by atoms with Crippen molar-refractivity contribution in [2.75, 3.05) is 20.2 Å². The van der Waals surface area contributed by atoms with Crippen LogP contribution in [0.5, 0.6) is 5.75 Å². The lowest BCUT2D eigenvalue weighted by Crippen LogP contribution is -2.38. The number of hydrogen-bond acceptors (Lipinski definition) is 6. The van der Waals surface area contributed by atoms with Gasteiger partial charge in [0.25, 0.3) is 0 Å². The molecule has 0 amide bonds. The molecule has 1 saturated heterocycles. The quantitative estimate of drug-likeness (QED) is 0.560. The topological polar surface area (TPSA) is 55.6 Å². The highest BCUT2D eigenvalue weighted by Gasteiger charge is 2.29. The first-order chi connectivity index (χ1) is 13.7. The van der Waals surface area contributed by atoms with Gasteiger partial charge in [0.15, 0.2) is 5.78 Å². The third-order valence-electron chi connectivity index (χ3n) is 5.25. The second kappa shape index (κ2) is 8.29. The van der Waals surface area contributed by atoms with Gasteiger partial charge in [-0.15, -0.1) is 11.3 Å². The molecule has 5 nitrogen and oxygen atoms in total. The number of ether oxygens (including phenoxy) is 1. The van der Waals surface area contributed by atoms with Gasteiger partial charge in [-0.25, -0.2) is 4.98 Å². The molecule has 6 heteroatoms. The van der Waals surface area contributed by atoms with Crippen molar-refractivity contribution in [3.05, 3.63) is 58.8 Å². The van der Waals surface area contributed by atoms with E-state index in [0.29, 0.717) is 23.7 Å². The number of carbonyl (C=O) groups excluding carboxylic acids is 1. The molecule has 0 spiro atoms. The van der Waals surface area contributed by atoms with Crippen LogP contribution in [0, 0.1) is 12.8 Å². The molecule has 1 aromatic carbocycles. The Morgan fingerprint density at radius 3 is 2.96 bits per heavy atom. The summed E-state index contributed by atoms with van der Waals surface area (Å²) in [7, 11) is 1.61. The van der Waals surface area contributed by atoms with E-state index in [2.05, 4.69) is 4.90 Å². The van der Waals surface area contributed by atoms with Gasteiger partial charge in [-0.2, -0.15) is 0 Å². The highest BCUT2D eigenvalue weighted by atomic mass is 32.1. The predicted octanol–water partition coefficient (Wildman–Crippen LogP) is 4.82. The van der Waals surface area contributed by atoms with Gasteiger partial charge >= 0.3 is 0 Å². The number of nitrogens with zero attached hydrogens (tertiary/aromatic N) is 2. The Morgan fingerprint density at radius 1 is 1.32 bits per heavy atom. The zero-order valence-corrected chi connectivity index (χ0v) is 17.0. The number of likely N-dealkylation sites (tertiary alicyclic amines) is 1. The van der Waals surface area contributed by atoms with Crippen molar-refractivity contribution in [3.63, 3.8) is 0 Å². The molecule has 3 aromatic rings. The van der Waals surface area contributed by atoms with Gasteiger partial charge in [-0.05, 0) is 49.9 Å². The second-order valence-electron chi connectivity index (χ2n) is 7.14. The predicted molar refractivity (Wildman–Crippen MR) is 110 cm³/mol. The van der Waals surface area contributed by atoms with Gasteiger partial charge in [-0.3, -0.25) is 9.69 Å². The summed E-state index contributed by atoms with van der Waals surface area (Å²) in [4.78, 5) is 21.1. The van der Waals surface area contributed by atoms with Gasteiger partial charge in [0.1, 0.15) is 11.5 Å². The summed E-state index contributed by atoms with van der Waals surface area (Å²) in [5, 5.41) is 2.02. The minimum absolute atomic E-state index is 0.0194. The molecule has 2 aromatic heterocycles. The van der Waals surface area contributed by atoms with E-state index in [-0.39, 0.29) is 11.7 Å². The highest BCUT2D eigenvalue weighted by Crippen LogP contribution is 2.29. The Hall–Kier alpha value is -2.44. The minimum atomic E-state index is -0.0194. The number of ketones is 1. The van der Waals surface area contributed by atoms with Crippen molar-refractivity contribution in [1.29, 1.82) is 0 Å². The van der Waals surface area contributed by atoms with Crippen LogP contribution in [0.4, 0.5) is 0 Å². The monoisotopic (exact) mass is 396 g/mol. The second-order valence-corrected chi connectivity index (χ2v) is 8.09. The summed E-state index contributed by atoms with van der Waals surface area (Å²) in [6, 6.07) is 11.5. The van der Waals surface area contributed by atoms with E-state index < -0.39 is 0 Å². The van der Waals surface area contributed by atoms with Crippen LogP contribution in [0.1, 0.15) is 34.7 Å². The normalized spacial score (nSPS) is 17.6. The zero-order valence-electron chi connectivity index (χ0n) is 16.2. The molecule has 1 aliphatic rings. The van der Waals surface area contributed by atoms with Crippen LogP contribution in [0.15, 0.2) is 46.2 Å². The van der Waals surface area contributed by atoms with Crippen molar-refractivity contribution < 1.29 is 13.9 Å². The highest BCUT2D eigenvalue weighted by molar-refractivity contribution is 7.13. The molecule has 28 heavy (non-hydrogen) atoms. The maximum absolute atomic E-state index is 13.1. The molecule has 0 bridgehead atoms. The maximum Gasteiger partial charge on any atom is 0.236 e. The van der Waals surface area contributed by atoms with E-state index in [9.17, 15) is 4.79 Å². The summed E-state index contributed by atoms with van der Waals surface area (Å²) >= 11 is 1.62. The Kier molecular flexibility index (Phi) is 5.59. The van der Waals surface area contributed by atoms with E-state index in [4.69, 9.17) is 14.1 Å². The van der Waals surface area contributed by atoms with Crippen LogP contribution in [0.3, 0.4) is 0 Å². The minimum Gasteiger partial charge on any atom is -0.496 e. The average molecular weight is 397 g/mol. The molecular formula is C22H24N2O3S. The Morgan fingerprint density at radius 2 is 2.18 bits per heavy atom. The van der Waals surface area contributed by atoms with Gasteiger partial charge in [0, 0.05) is 19.0 Å². The molecular weight excluding hydrogens is 372 g/mol. The fourth-order valence-electron chi connectivity index (χ4n) is 3.77. The smallest absolute Gasteiger partial charge is 0.236 e. The fourth-order valence-corrected chi connectivity index (χ4v) is 4.42. The number of para-hydroxylation sites is 1. The van der Waals surface area contributed by atoms with Crippen molar-refractivity contribution in [1.82, 2.24) is 9.88 Å². The first-order valence-corrected chi connectivity index (χ1v) is 10.4. The number of Topliss-reactive ketones (excluding diaryl/α,β-unsaturated/α-hetero) is 1.